The Balaban J connectivity index is 1.44. The summed E-state index contributed by atoms with van der Waals surface area (Å²) >= 11 is 0. The first-order valence-corrected chi connectivity index (χ1v) is 11.0. The Labute approximate surface area is 193 Å². The zero-order valence-corrected chi connectivity index (χ0v) is 18.3. The SMILES string of the molecule is O=C(O)COc1cccc2c1CCCC2C=CCON=C(c1ccccc1)c1cccnc1. The number of aliphatic carboxylic acids is 1. The molecule has 1 N–H and O–H groups in total. The van der Waals surface area contributed by atoms with Crippen molar-refractivity contribution < 1.29 is 19.5 Å². The van der Waals surface area contributed by atoms with Gasteiger partial charge in [0, 0.05) is 29.4 Å². The molecule has 1 heterocycles. The first kappa shape index (κ1) is 22.3. The van der Waals surface area contributed by atoms with E-state index >= 15 is 0 Å². The lowest BCUT2D eigenvalue weighted by molar-refractivity contribution is -0.139. The van der Waals surface area contributed by atoms with Crippen LogP contribution in [0, 0.1) is 0 Å². The number of carboxylic acids is 1. The highest BCUT2D eigenvalue weighted by Crippen LogP contribution is 2.37. The van der Waals surface area contributed by atoms with Crippen molar-refractivity contribution in [2.45, 2.75) is 25.2 Å². The molecule has 0 aliphatic heterocycles. The minimum Gasteiger partial charge on any atom is -0.482 e. The quantitative estimate of drug-likeness (QED) is 0.219. The number of fused-ring (bicyclic) bond motifs is 1. The topological polar surface area (TPSA) is 81.0 Å². The van der Waals surface area contributed by atoms with Crippen LogP contribution in [0.15, 0.2) is 90.4 Å². The molecule has 1 aromatic heterocycles. The molecule has 1 atom stereocenters. The number of oxime groups is 1. The highest BCUT2D eigenvalue weighted by Gasteiger charge is 2.21. The van der Waals surface area contributed by atoms with E-state index in [1.54, 1.807) is 12.4 Å². The third-order valence-electron chi connectivity index (χ3n) is 5.54. The number of carbonyl (C=O) groups is 1. The summed E-state index contributed by atoms with van der Waals surface area (Å²) in [5.74, 6) is -0.0711. The largest absolute Gasteiger partial charge is 0.482 e. The Hall–Kier alpha value is -3.93. The summed E-state index contributed by atoms with van der Waals surface area (Å²) in [6.45, 7) is 0.0150. The molecule has 2 aromatic carbocycles. The van der Waals surface area contributed by atoms with Crippen LogP contribution in [0.2, 0.25) is 0 Å². The summed E-state index contributed by atoms with van der Waals surface area (Å²) < 4.78 is 5.50. The molecule has 33 heavy (non-hydrogen) atoms. The van der Waals surface area contributed by atoms with E-state index < -0.39 is 5.97 Å². The van der Waals surface area contributed by atoms with Gasteiger partial charge in [-0.25, -0.2) is 4.79 Å². The van der Waals surface area contributed by atoms with E-state index in [0.29, 0.717) is 12.4 Å². The number of allylic oxidation sites excluding steroid dienone is 1. The molecule has 1 aliphatic rings. The molecule has 0 radical (unpaired) electrons. The van der Waals surface area contributed by atoms with Gasteiger partial charge in [0.15, 0.2) is 6.61 Å². The van der Waals surface area contributed by atoms with Crippen LogP contribution in [0.5, 0.6) is 5.75 Å². The van der Waals surface area contributed by atoms with E-state index in [-0.39, 0.29) is 12.5 Å². The number of rotatable bonds is 9. The second kappa shape index (κ2) is 11.1. The number of hydrogen-bond acceptors (Lipinski definition) is 5. The van der Waals surface area contributed by atoms with Gasteiger partial charge < -0.3 is 14.7 Å². The second-order valence-corrected chi connectivity index (χ2v) is 7.78. The van der Waals surface area contributed by atoms with Gasteiger partial charge in [0.2, 0.25) is 0 Å². The summed E-state index contributed by atoms with van der Waals surface area (Å²) in [6.07, 6.45) is 10.6. The van der Waals surface area contributed by atoms with E-state index in [2.05, 4.69) is 22.3 Å². The number of ether oxygens (including phenoxy) is 1. The zero-order chi connectivity index (χ0) is 22.9. The fourth-order valence-corrected chi connectivity index (χ4v) is 4.06. The Morgan fingerprint density at radius 3 is 2.73 bits per heavy atom. The summed E-state index contributed by atoms with van der Waals surface area (Å²) in [4.78, 5) is 20.7. The Morgan fingerprint density at radius 1 is 1.09 bits per heavy atom. The van der Waals surface area contributed by atoms with Crippen LogP contribution in [0.1, 0.15) is 41.0 Å². The Bertz CT molecular complexity index is 1090. The van der Waals surface area contributed by atoms with Gasteiger partial charge >= 0.3 is 5.97 Å². The fourth-order valence-electron chi connectivity index (χ4n) is 4.06. The highest BCUT2D eigenvalue weighted by molar-refractivity contribution is 6.12. The Morgan fingerprint density at radius 2 is 1.94 bits per heavy atom. The van der Waals surface area contributed by atoms with Crippen molar-refractivity contribution in [1.29, 1.82) is 0 Å². The average Bonchev–Trinajstić information content (AvgIpc) is 2.86. The molecule has 6 heteroatoms. The van der Waals surface area contributed by atoms with Gasteiger partial charge in [-0.05, 0) is 54.7 Å². The normalized spacial score (nSPS) is 15.8. The summed E-state index contributed by atoms with van der Waals surface area (Å²) in [7, 11) is 0. The van der Waals surface area contributed by atoms with Crippen molar-refractivity contribution in [1.82, 2.24) is 4.98 Å². The molecular weight excluding hydrogens is 416 g/mol. The second-order valence-electron chi connectivity index (χ2n) is 7.78. The van der Waals surface area contributed by atoms with E-state index in [1.807, 2.05) is 60.7 Å². The van der Waals surface area contributed by atoms with Crippen molar-refractivity contribution in [3.05, 3.63) is 107 Å². The molecule has 0 saturated carbocycles. The van der Waals surface area contributed by atoms with Crippen LogP contribution in [0.4, 0.5) is 0 Å². The molecule has 4 rings (SSSR count). The maximum absolute atomic E-state index is 10.9. The number of nitrogens with zero attached hydrogens (tertiary/aromatic N) is 2. The lowest BCUT2D eigenvalue weighted by Crippen LogP contribution is -2.14. The first-order chi connectivity index (χ1) is 16.2. The van der Waals surface area contributed by atoms with Crippen LogP contribution in [0.25, 0.3) is 0 Å². The van der Waals surface area contributed by atoms with Crippen molar-refractivity contribution in [3.8, 4) is 5.75 Å². The standard InChI is InChI=1S/C27H26N2O4/c30-26(31)19-32-25-15-5-13-23-20(10-4-14-24(23)25)12-7-17-33-29-27(21-8-2-1-3-9-21)22-11-6-16-28-18-22/h1-3,5-9,11-13,15-16,18,20H,4,10,14,17,19H2,(H,30,31). The summed E-state index contributed by atoms with van der Waals surface area (Å²) in [6, 6.07) is 19.6. The number of carboxylic acid groups (broad SMARTS) is 1. The van der Waals surface area contributed by atoms with Crippen LogP contribution in [-0.4, -0.2) is 35.0 Å². The molecule has 0 fully saturated rings. The van der Waals surface area contributed by atoms with Gasteiger partial charge in [-0.1, -0.05) is 53.7 Å². The van der Waals surface area contributed by atoms with Crippen molar-refractivity contribution >= 4 is 11.7 Å². The summed E-state index contributed by atoms with van der Waals surface area (Å²) in [5, 5.41) is 13.3. The monoisotopic (exact) mass is 442 g/mol. The van der Waals surface area contributed by atoms with Crippen LogP contribution < -0.4 is 4.74 Å². The lowest BCUT2D eigenvalue weighted by atomic mass is 9.82. The van der Waals surface area contributed by atoms with E-state index in [4.69, 9.17) is 14.7 Å². The molecule has 0 spiro atoms. The molecule has 0 bridgehead atoms. The molecule has 1 aliphatic carbocycles. The lowest BCUT2D eigenvalue weighted by Gasteiger charge is -2.25. The molecular formula is C27H26N2O4. The van der Waals surface area contributed by atoms with Gasteiger partial charge in [-0.15, -0.1) is 0 Å². The van der Waals surface area contributed by atoms with E-state index in [9.17, 15) is 4.79 Å². The molecule has 0 amide bonds. The van der Waals surface area contributed by atoms with Gasteiger partial charge in [-0.3, -0.25) is 4.98 Å². The van der Waals surface area contributed by atoms with E-state index in [1.165, 1.54) is 5.56 Å². The predicted molar refractivity (Wildman–Crippen MR) is 127 cm³/mol. The number of benzene rings is 2. The molecule has 6 nitrogen and oxygen atoms in total. The fraction of sp³-hybridized carbons (Fsp3) is 0.222. The first-order valence-electron chi connectivity index (χ1n) is 11.0. The molecule has 0 saturated heterocycles. The zero-order valence-electron chi connectivity index (χ0n) is 18.3. The van der Waals surface area contributed by atoms with E-state index in [0.717, 1.165) is 41.7 Å². The van der Waals surface area contributed by atoms with Gasteiger partial charge in [0.25, 0.3) is 0 Å². The van der Waals surface area contributed by atoms with Gasteiger partial charge in [0.1, 0.15) is 18.1 Å². The number of aromatic nitrogens is 1. The minimum absolute atomic E-state index is 0.238. The summed E-state index contributed by atoms with van der Waals surface area (Å²) in [5.41, 5.74) is 4.87. The Kier molecular flexibility index (Phi) is 7.48. The van der Waals surface area contributed by atoms with Crippen molar-refractivity contribution in [3.63, 3.8) is 0 Å². The van der Waals surface area contributed by atoms with Crippen LogP contribution in [0.3, 0.4) is 0 Å². The molecule has 3 aromatic rings. The smallest absolute Gasteiger partial charge is 0.341 e. The molecule has 1 unspecified atom stereocenters. The number of pyridine rings is 1. The highest BCUT2D eigenvalue weighted by atomic mass is 16.6. The average molecular weight is 443 g/mol. The van der Waals surface area contributed by atoms with Crippen molar-refractivity contribution in [2.24, 2.45) is 5.16 Å². The maximum Gasteiger partial charge on any atom is 0.341 e. The minimum atomic E-state index is -0.973. The van der Waals surface area contributed by atoms with Crippen LogP contribution >= 0.6 is 0 Å². The van der Waals surface area contributed by atoms with Gasteiger partial charge in [-0.2, -0.15) is 0 Å². The third-order valence-corrected chi connectivity index (χ3v) is 5.54. The third kappa shape index (κ3) is 5.86. The van der Waals surface area contributed by atoms with Crippen LogP contribution in [-0.2, 0) is 16.1 Å². The predicted octanol–water partition coefficient (Wildman–Crippen LogP) is 4.99. The van der Waals surface area contributed by atoms with Gasteiger partial charge in [0.05, 0.1) is 0 Å². The molecule has 168 valence electrons. The number of hydrogen-bond donors (Lipinski definition) is 1. The van der Waals surface area contributed by atoms with Crippen molar-refractivity contribution in [2.75, 3.05) is 13.2 Å². The maximum atomic E-state index is 10.9.